The molecule has 0 aliphatic rings. The quantitative estimate of drug-likeness (QED) is 0.859. The molecule has 0 radical (unpaired) electrons. The van der Waals surface area contributed by atoms with Gasteiger partial charge < -0.3 is 14.6 Å². The Morgan fingerprint density at radius 1 is 1.39 bits per heavy atom. The smallest absolute Gasteiger partial charge is 0.226 e. The highest BCUT2D eigenvalue weighted by Crippen LogP contribution is 2.11. The Bertz CT molecular complexity index is 523. The van der Waals surface area contributed by atoms with Crippen molar-refractivity contribution in [1.82, 2.24) is 19.5 Å². The molecule has 0 saturated heterocycles. The van der Waals surface area contributed by atoms with E-state index in [-0.39, 0.29) is 0 Å². The first-order valence-corrected chi connectivity index (χ1v) is 5.79. The number of aryl methyl sites for hydroxylation is 2. The van der Waals surface area contributed by atoms with E-state index in [1.807, 2.05) is 24.7 Å². The van der Waals surface area contributed by atoms with Crippen molar-refractivity contribution in [3.05, 3.63) is 30.0 Å². The minimum absolute atomic E-state index is 0.571. The third-order valence-electron chi connectivity index (χ3n) is 2.59. The maximum Gasteiger partial charge on any atom is 0.226 e. The van der Waals surface area contributed by atoms with Crippen LogP contribution in [-0.2, 0) is 13.5 Å². The van der Waals surface area contributed by atoms with Crippen molar-refractivity contribution in [2.45, 2.75) is 13.3 Å². The van der Waals surface area contributed by atoms with Crippen molar-refractivity contribution in [3.8, 4) is 5.88 Å². The fourth-order valence-corrected chi connectivity index (χ4v) is 1.65. The highest BCUT2D eigenvalue weighted by molar-refractivity contribution is 5.30. The number of rotatable bonds is 5. The molecule has 0 amide bonds. The zero-order valence-corrected chi connectivity index (χ0v) is 10.8. The minimum atomic E-state index is 0.571. The van der Waals surface area contributed by atoms with E-state index in [1.54, 1.807) is 19.4 Å². The summed E-state index contributed by atoms with van der Waals surface area (Å²) in [4.78, 5) is 12.8. The maximum absolute atomic E-state index is 5.10. The topological polar surface area (TPSA) is 64.9 Å². The summed E-state index contributed by atoms with van der Waals surface area (Å²) in [5, 5.41) is 3.17. The highest BCUT2D eigenvalue weighted by Gasteiger charge is 2.03. The number of hydrogen-bond acceptors (Lipinski definition) is 5. The lowest BCUT2D eigenvalue weighted by molar-refractivity contribution is 0.397. The molecule has 0 fully saturated rings. The molecule has 6 nitrogen and oxygen atoms in total. The molecule has 1 N–H and O–H groups in total. The van der Waals surface area contributed by atoms with Crippen LogP contribution in [0.2, 0.25) is 0 Å². The summed E-state index contributed by atoms with van der Waals surface area (Å²) >= 11 is 0. The zero-order chi connectivity index (χ0) is 13.0. The van der Waals surface area contributed by atoms with Gasteiger partial charge >= 0.3 is 0 Å². The van der Waals surface area contributed by atoms with Crippen molar-refractivity contribution in [1.29, 1.82) is 0 Å². The molecule has 0 spiro atoms. The third-order valence-corrected chi connectivity index (χ3v) is 2.59. The fraction of sp³-hybridized carbons (Fsp3) is 0.417. The molecule has 0 aliphatic heterocycles. The van der Waals surface area contributed by atoms with Crippen LogP contribution in [0.3, 0.4) is 0 Å². The van der Waals surface area contributed by atoms with Crippen LogP contribution in [0, 0.1) is 6.92 Å². The standard InChI is InChI=1S/C12H17N5O/c1-9-8-11(18-3)16-12(15-9)14-5-4-10-13-6-7-17(10)2/h6-8H,4-5H2,1-3H3,(H,14,15,16). The zero-order valence-electron chi connectivity index (χ0n) is 10.8. The van der Waals surface area contributed by atoms with E-state index in [2.05, 4.69) is 20.3 Å². The molecule has 6 heteroatoms. The van der Waals surface area contributed by atoms with Gasteiger partial charge in [0.15, 0.2) is 0 Å². The largest absolute Gasteiger partial charge is 0.481 e. The van der Waals surface area contributed by atoms with Crippen LogP contribution in [0.1, 0.15) is 11.5 Å². The van der Waals surface area contributed by atoms with Gasteiger partial charge in [0, 0.05) is 44.2 Å². The molecule has 0 aromatic carbocycles. The molecule has 0 saturated carbocycles. The van der Waals surface area contributed by atoms with Crippen LogP contribution < -0.4 is 10.1 Å². The van der Waals surface area contributed by atoms with Gasteiger partial charge in [0.2, 0.25) is 11.8 Å². The first kappa shape index (κ1) is 12.3. The number of imidazole rings is 1. The van der Waals surface area contributed by atoms with E-state index in [9.17, 15) is 0 Å². The number of ether oxygens (including phenoxy) is 1. The SMILES string of the molecule is COc1cc(C)nc(NCCc2nccn2C)n1. The molecule has 18 heavy (non-hydrogen) atoms. The molecule has 2 rings (SSSR count). The van der Waals surface area contributed by atoms with Crippen molar-refractivity contribution in [3.63, 3.8) is 0 Å². The molecule has 0 bridgehead atoms. The van der Waals surface area contributed by atoms with Crippen molar-refractivity contribution >= 4 is 5.95 Å². The predicted octanol–water partition coefficient (Wildman–Crippen LogP) is 1.18. The second-order valence-corrected chi connectivity index (χ2v) is 4.01. The molecule has 96 valence electrons. The van der Waals surface area contributed by atoms with Gasteiger partial charge in [-0.3, -0.25) is 0 Å². The Balaban J connectivity index is 1.94. The number of nitrogens with zero attached hydrogens (tertiary/aromatic N) is 4. The van der Waals surface area contributed by atoms with Crippen LogP contribution >= 0.6 is 0 Å². The molecular weight excluding hydrogens is 230 g/mol. The van der Waals surface area contributed by atoms with Gasteiger partial charge in [-0.1, -0.05) is 0 Å². The Hall–Kier alpha value is -2.11. The monoisotopic (exact) mass is 247 g/mol. The van der Waals surface area contributed by atoms with Crippen molar-refractivity contribution in [2.75, 3.05) is 19.0 Å². The van der Waals surface area contributed by atoms with Gasteiger partial charge in [0.25, 0.3) is 0 Å². The fourth-order valence-electron chi connectivity index (χ4n) is 1.65. The van der Waals surface area contributed by atoms with Gasteiger partial charge in [-0.05, 0) is 6.92 Å². The second-order valence-electron chi connectivity index (χ2n) is 4.01. The van der Waals surface area contributed by atoms with Crippen molar-refractivity contribution < 1.29 is 4.74 Å². The first-order valence-electron chi connectivity index (χ1n) is 5.79. The minimum Gasteiger partial charge on any atom is -0.481 e. The molecular formula is C12H17N5O. The predicted molar refractivity (Wildman–Crippen MR) is 68.7 cm³/mol. The number of anilines is 1. The van der Waals surface area contributed by atoms with Gasteiger partial charge in [0.1, 0.15) is 5.82 Å². The number of aromatic nitrogens is 4. The normalized spacial score (nSPS) is 10.4. The summed E-state index contributed by atoms with van der Waals surface area (Å²) in [5.41, 5.74) is 0.876. The summed E-state index contributed by atoms with van der Waals surface area (Å²) in [6.07, 6.45) is 4.55. The molecule has 2 heterocycles. The Kier molecular flexibility index (Phi) is 3.76. The van der Waals surface area contributed by atoms with Gasteiger partial charge in [-0.15, -0.1) is 0 Å². The molecule has 0 atom stereocenters. The van der Waals surface area contributed by atoms with Crippen LogP contribution in [-0.4, -0.2) is 33.2 Å². The van der Waals surface area contributed by atoms with E-state index < -0.39 is 0 Å². The Labute approximate surface area is 106 Å². The third kappa shape index (κ3) is 2.97. The Morgan fingerprint density at radius 2 is 2.22 bits per heavy atom. The summed E-state index contributed by atoms with van der Waals surface area (Å²) in [5.74, 6) is 2.19. The summed E-state index contributed by atoms with van der Waals surface area (Å²) in [6, 6.07) is 1.80. The summed E-state index contributed by atoms with van der Waals surface area (Å²) < 4.78 is 7.10. The van der Waals surface area contributed by atoms with E-state index >= 15 is 0 Å². The molecule has 2 aromatic heterocycles. The van der Waals surface area contributed by atoms with Crippen LogP contribution in [0.4, 0.5) is 5.95 Å². The van der Waals surface area contributed by atoms with Crippen molar-refractivity contribution in [2.24, 2.45) is 7.05 Å². The van der Waals surface area contributed by atoms with E-state index in [0.29, 0.717) is 11.8 Å². The lowest BCUT2D eigenvalue weighted by Gasteiger charge is -2.07. The van der Waals surface area contributed by atoms with E-state index in [1.165, 1.54) is 0 Å². The van der Waals surface area contributed by atoms with Crippen LogP contribution in [0.15, 0.2) is 18.5 Å². The molecule has 0 unspecified atom stereocenters. The summed E-state index contributed by atoms with van der Waals surface area (Å²) in [7, 11) is 3.58. The summed E-state index contributed by atoms with van der Waals surface area (Å²) in [6.45, 7) is 2.64. The second kappa shape index (κ2) is 5.48. The average Bonchev–Trinajstić information content (AvgIpc) is 2.74. The number of nitrogens with one attached hydrogen (secondary N) is 1. The van der Waals surface area contributed by atoms with Gasteiger partial charge in [0.05, 0.1) is 7.11 Å². The lowest BCUT2D eigenvalue weighted by Crippen LogP contribution is -2.11. The lowest BCUT2D eigenvalue weighted by atomic mass is 10.4. The van der Waals surface area contributed by atoms with Gasteiger partial charge in [-0.2, -0.15) is 4.98 Å². The first-order chi connectivity index (χ1) is 8.69. The highest BCUT2D eigenvalue weighted by atomic mass is 16.5. The van der Waals surface area contributed by atoms with Crippen LogP contribution in [0.25, 0.3) is 0 Å². The average molecular weight is 247 g/mol. The van der Waals surface area contributed by atoms with Crippen LogP contribution in [0.5, 0.6) is 5.88 Å². The molecule has 2 aromatic rings. The van der Waals surface area contributed by atoms with E-state index in [4.69, 9.17) is 4.74 Å². The molecule has 0 aliphatic carbocycles. The number of hydrogen-bond donors (Lipinski definition) is 1. The van der Waals surface area contributed by atoms with Gasteiger partial charge in [-0.25, -0.2) is 9.97 Å². The Morgan fingerprint density at radius 3 is 2.89 bits per heavy atom. The van der Waals surface area contributed by atoms with E-state index in [0.717, 1.165) is 24.5 Å². The maximum atomic E-state index is 5.10. The number of methoxy groups -OCH3 is 1.